The maximum atomic E-state index is 4.66. The molecule has 10 rings (SSSR count). The van der Waals surface area contributed by atoms with Gasteiger partial charge in [-0.1, -0.05) is 164 Å². The fraction of sp³-hybridized carbons (Fsp3) is 0.0635. The summed E-state index contributed by atoms with van der Waals surface area (Å²) in [6.45, 7) is 9.17. The van der Waals surface area contributed by atoms with Gasteiger partial charge >= 0.3 is 0 Å². The van der Waals surface area contributed by atoms with Crippen LogP contribution < -0.4 is 0 Å². The van der Waals surface area contributed by atoms with Gasteiger partial charge < -0.3 is 0 Å². The first-order valence-corrected chi connectivity index (χ1v) is 22.2. The summed E-state index contributed by atoms with van der Waals surface area (Å²) < 4.78 is 0. The van der Waals surface area contributed by atoms with Crippen LogP contribution in [0.25, 0.3) is 100 Å². The van der Waals surface area contributed by atoms with Crippen LogP contribution in [-0.4, -0.2) is 4.98 Å². The van der Waals surface area contributed by atoms with E-state index in [2.05, 4.69) is 239 Å². The summed E-state index contributed by atoms with van der Waals surface area (Å²) in [5, 5.41) is 0. The molecular weight excluding hydrogens is 771 g/mol. The van der Waals surface area contributed by atoms with Gasteiger partial charge in [0.1, 0.15) is 0 Å². The van der Waals surface area contributed by atoms with Crippen molar-refractivity contribution in [3.8, 4) is 100 Å². The van der Waals surface area contributed by atoms with Gasteiger partial charge in [0, 0.05) is 11.8 Å². The number of rotatable bonds is 9. The molecule has 0 N–H and O–H groups in total. The normalized spacial score (nSPS) is 11.1. The highest BCUT2D eigenvalue weighted by Crippen LogP contribution is 2.46. The summed E-state index contributed by atoms with van der Waals surface area (Å²) in [6, 6.07) is 79.5. The van der Waals surface area contributed by atoms with Crippen molar-refractivity contribution >= 4 is 0 Å². The molecule has 0 amide bonds. The molecule has 0 aliphatic carbocycles. The zero-order chi connectivity index (χ0) is 43.6. The van der Waals surface area contributed by atoms with E-state index in [9.17, 15) is 0 Å². The molecule has 0 atom stereocenters. The maximum absolute atomic E-state index is 4.66. The Bertz CT molecular complexity index is 2980. The second kappa shape index (κ2) is 17.5. The molecule has 1 heterocycles. The number of hydrogen-bond acceptors (Lipinski definition) is 1. The van der Waals surface area contributed by atoms with E-state index in [4.69, 9.17) is 0 Å². The molecule has 9 aromatic carbocycles. The lowest BCUT2D eigenvalue weighted by Gasteiger charge is -2.23. The van der Waals surface area contributed by atoms with Crippen molar-refractivity contribution in [3.05, 3.63) is 247 Å². The van der Waals surface area contributed by atoms with Crippen LogP contribution in [0.3, 0.4) is 0 Å². The monoisotopic (exact) mass is 819 g/mol. The van der Waals surface area contributed by atoms with Gasteiger partial charge in [0.25, 0.3) is 0 Å². The third-order valence-corrected chi connectivity index (χ3v) is 12.9. The molecule has 0 aliphatic heterocycles. The lowest BCUT2D eigenvalue weighted by molar-refractivity contribution is 1.33. The minimum absolute atomic E-state index is 0.968. The number of aromatic nitrogens is 1. The first-order valence-electron chi connectivity index (χ1n) is 22.2. The summed E-state index contributed by atoms with van der Waals surface area (Å²) in [4.78, 5) is 4.66. The van der Waals surface area contributed by atoms with Gasteiger partial charge in [-0.05, 0) is 194 Å². The largest absolute Gasteiger partial charge is 0.256 e. The molecule has 64 heavy (non-hydrogen) atoms. The van der Waals surface area contributed by atoms with E-state index in [0.29, 0.717) is 0 Å². The van der Waals surface area contributed by atoms with Crippen LogP contribution >= 0.6 is 0 Å². The van der Waals surface area contributed by atoms with Crippen LogP contribution in [0.4, 0.5) is 0 Å². The number of pyridine rings is 1. The van der Waals surface area contributed by atoms with Crippen molar-refractivity contribution in [2.45, 2.75) is 27.7 Å². The van der Waals surface area contributed by atoms with Gasteiger partial charge in [-0.2, -0.15) is 0 Å². The number of benzene rings is 9. The van der Waals surface area contributed by atoms with E-state index < -0.39 is 0 Å². The van der Waals surface area contributed by atoms with E-state index >= 15 is 0 Å². The van der Waals surface area contributed by atoms with Crippen molar-refractivity contribution in [1.29, 1.82) is 0 Å². The average molecular weight is 820 g/mol. The standard InChI is InChI=1S/C63H49N/c1-42-56(46-21-9-5-10-22-46)37-54(38-57(42)47-23-11-6-12-24-47)60-41-61(55-39-58(48-25-13-7-14-26-48)43(2)59(40-55)49-27-15-8-16-28-49)45(4)63(44(60)3)53-32-20-30-51(36-53)50-29-19-31-52(35-50)62-33-17-18-34-64-62/h5-41H,1-4H3. The fourth-order valence-electron chi connectivity index (χ4n) is 9.60. The van der Waals surface area contributed by atoms with Gasteiger partial charge in [-0.15, -0.1) is 0 Å². The first-order chi connectivity index (χ1) is 31.4. The Balaban J connectivity index is 1.25. The SMILES string of the molecule is Cc1c(-c2ccccc2)cc(-c2cc(-c3cc(-c4ccccc4)c(C)c(-c4ccccc4)c3)c(C)c(-c3cccc(-c4cccc(-c5ccccn5)c4)c3)c2C)cc1-c1ccccc1. The van der Waals surface area contributed by atoms with E-state index in [0.717, 1.165) is 16.8 Å². The molecule has 0 fully saturated rings. The van der Waals surface area contributed by atoms with Crippen LogP contribution in [0.2, 0.25) is 0 Å². The predicted octanol–water partition coefficient (Wildman–Crippen LogP) is 17.3. The topological polar surface area (TPSA) is 12.9 Å². The lowest BCUT2D eigenvalue weighted by Crippen LogP contribution is -1.99. The Hall–Kier alpha value is -7.87. The quantitative estimate of drug-likeness (QED) is 0.141. The molecule has 1 aromatic heterocycles. The Morgan fingerprint density at radius 1 is 0.234 bits per heavy atom. The minimum Gasteiger partial charge on any atom is -0.256 e. The molecule has 1 heteroatoms. The minimum atomic E-state index is 0.968. The Morgan fingerprint density at radius 2 is 0.562 bits per heavy atom. The zero-order valence-electron chi connectivity index (χ0n) is 36.8. The maximum Gasteiger partial charge on any atom is 0.0702 e. The third-order valence-electron chi connectivity index (χ3n) is 12.9. The van der Waals surface area contributed by atoms with Crippen molar-refractivity contribution in [1.82, 2.24) is 4.98 Å². The smallest absolute Gasteiger partial charge is 0.0702 e. The first kappa shape index (κ1) is 40.2. The zero-order valence-corrected chi connectivity index (χ0v) is 36.8. The second-order valence-electron chi connectivity index (χ2n) is 16.8. The highest BCUT2D eigenvalue weighted by molar-refractivity contribution is 5.95. The Kier molecular flexibility index (Phi) is 11.0. The summed E-state index contributed by atoms with van der Waals surface area (Å²) in [5.74, 6) is 0. The summed E-state index contributed by atoms with van der Waals surface area (Å²) in [6.07, 6.45) is 1.86. The van der Waals surface area contributed by atoms with Crippen LogP contribution in [0, 0.1) is 27.7 Å². The molecule has 0 unspecified atom stereocenters. The highest BCUT2D eigenvalue weighted by atomic mass is 14.7. The molecule has 1 nitrogen and oxygen atoms in total. The summed E-state index contributed by atoms with van der Waals surface area (Å²) in [7, 11) is 0. The molecule has 306 valence electrons. The molecule has 0 saturated heterocycles. The average Bonchev–Trinajstić information content (AvgIpc) is 3.36. The second-order valence-corrected chi connectivity index (χ2v) is 16.8. The van der Waals surface area contributed by atoms with Crippen molar-refractivity contribution in [2.24, 2.45) is 0 Å². The van der Waals surface area contributed by atoms with E-state index in [1.54, 1.807) is 0 Å². The molecule has 0 radical (unpaired) electrons. The molecule has 10 aromatic rings. The molecule has 0 spiro atoms. The van der Waals surface area contributed by atoms with Gasteiger partial charge in [0.2, 0.25) is 0 Å². The van der Waals surface area contributed by atoms with Gasteiger partial charge in [0.05, 0.1) is 5.69 Å². The van der Waals surface area contributed by atoms with Gasteiger partial charge in [-0.3, -0.25) is 4.98 Å². The summed E-state index contributed by atoms with van der Waals surface area (Å²) in [5.41, 5.74) is 26.5. The third kappa shape index (κ3) is 7.78. The molecule has 0 saturated carbocycles. The number of hydrogen-bond donors (Lipinski definition) is 0. The van der Waals surface area contributed by atoms with Crippen molar-refractivity contribution < 1.29 is 0 Å². The Labute approximate surface area is 378 Å². The molecule has 0 aliphatic rings. The summed E-state index contributed by atoms with van der Waals surface area (Å²) >= 11 is 0. The van der Waals surface area contributed by atoms with Gasteiger partial charge in [-0.25, -0.2) is 0 Å². The fourth-order valence-corrected chi connectivity index (χ4v) is 9.60. The highest BCUT2D eigenvalue weighted by Gasteiger charge is 2.22. The van der Waals surface area contributed by atoms with Gasteiger partial charge in [0.15, 0.2) is 0 Å². The van der Waals surface area contributed by atoms with Crippen LogP contribution in [-0.2, 0) is 0 Å². The van der Waals surface area contributed by atoms with Crippen LogP contribution in [0.5, 0.6) is 0 Å². The lowest BCUT2D eigenvalue weighted by atomic mass is 9.81. The van der Waals surface area contributed by atoms with E-state index in [1.165, 1.54) is 106 Å². The van der Waals surface area contributed by atoms with Crippen LogP contribution in [0.15, 0.2) is 225 Å². The Morgan fingerprint density at radius 3 is 0.953 bits per heavy atom. The molecule has 0 bridgehead atoms. The van der Waals surface area contributed by atoms with Crippen molar-refractivity contribution in [2.75, 3.05) is 0 Å². The van der Waals surface area contributed by atoms with Crippen LogP contribution in [0.1, 0.15) is 22.3 Å². The number of nitrogens with zero attached hydrogens (tertiary/aromatic N) is 1. The van der Waals surface area contributed by atoms with E-state index in [-0.39, 0.29) is 0 Å². The van der Waals surface area contributed by atoms with E-state index in [1.807, 2.05) is 18.3 Å². The molecular formula is C63H49N. The predicted molar refractivity (Wildman–Crippen MR) is 272 cm³/mol. The van der Waals surface area contributed by atoms with Crippen molar-refractivity contribution in [3.63, 3.8) is 0 Å².